The van der Waals surface area contributed by atoms with E-state index in [2.05, 4.69) is 15.2 Å². The summed E-state index contributed by atoms with van der Waals surface area (Å²) in [7, 11) is 0. The molecule has 2 aromatic heterocycles. The average Bonchev–Trinajstić information content (AvgIpc) is 3.46. The van der Waals surface area contributed by atoms with Crippen LogP contribution in [0.3, 0.4) is 0 Å². The van der Waals surface area contributed by atoms with Gasteiger partial charge in [-0.2, -0.15) is 5.10 Å². The number of halogens is 1. The Morgan fingerprint density at radius 3 is 2.82 bits per heavy atom. The number of H-pyrrole nitrogens is 2. The van der Waals surface area contributed by atoms with Crippen molar-refractivity contribution in [3.8, 4) is 28.4 Å². The van der Waals surface area contributed by atoms with E-state index < -0.39 is 5.82 Å². The second kappa shape index (κ2) is 7.43. The highest BCUT2D eigenvalue weighted by Gasteiger charge is 2.34. The van der Waals surface area contributed by atoms with Gasteiger partial charge in [-0.3, -0.25) is 9.89 Å². The first-order chi connectivity index (χ1) is 16.0. The minimum absolute atomic E-state index is 0.188. The van der Waals surface area contributed by atoms with E-state index in [9.17, 15) is 14.3 Å². The molecule has 7 nitrogen and oxygen atoms in total. The lowest BCUT2D eigenvalue weighted by atomic mass is 9.84. The molecule has 33 heavy (non-hydrogen) atoms. The molecule has 2 aliphatic rings. The summed E-state index contributed by atoms with van der Waals surface area (Å²) < 4.78 is 14.0. The van der Waals surface area contributed by atoms with E-state index in [4.69, 9.17) is 4.98 Å². The van der Waals surface area contributed by atoms with Gasteiger partial charge in [-0.15, -0.1) is 0 Å². The number of fused-ring (bicyclic) bond motifs is 2. The Morgan fingerprint density at radius 2 is 2.09 bits per heavy atom. The van der Waals surface area contributed by atoms with E-state index in [1.54, 1.807) is 0 Å². The zero-order valence-electron chi connectivity index (χ0n) is 18.3. The van der Waals surface area contributed by atoms with Gasteiger partial charge in [-0.05, 0) is 60.2 Å². The maximum absolute atomic E-state index is 14.0. The third-order valence-electron chi connectivity index (χ3n) is 6.97. The van der Waals surface area contributed by atoms with Gasteiger partial charge >= 0.3 is 0 Å². The van der Waals surface area contributed by atoms with Gasteiger partial charge in [0, 0.05) is 11.3 Å². The van der Waals surface area contributed by atoms with Gasteiger partial charge < -0.3 is 15.0 Å². The molecule has 0 bridgehead atoms. The fourth-order valence-corrected chi connectivity index (χ4v) is 4.85. The van der Waals surface area contributed by atoms with Crippen LogP contribution in [0.1, 0.15) is 43.1 Å². The Morgan fingerprint density at radius 1 is 1.24 bits per heavy atom. The van der Waals surface area contributed by atoms with E-state index in [0.29, 0.717) is 25.3 Å². The topological polar surface area (TPSA) is 97.9 Å². The van der Waals surface area contributed by atoms with Gasteiger partial charge in [0.15, 0.2) is 17.4 Å². The Labute approximate surface area is 189 Å². The third-order valence-corrected chi connectivity index (χ3v) is 6.97. The normalized spacial score (nSPS) is 15.8. The number of aryl methyl sites for hydroxylation is 1. The molecule has 0 radical (unpaired) electrons. The number of hydrogen-bond acceptors (Lipinski definition) is 4. The summed E-state index contributed by atoms with van der Waals surface area (Å²) >= 11 is 0. The quantitative estimate of drug-likeness (QED) is 0.425. The van der Waals surface area contributed by atoms with Crippen molar-refractivity contribution in [3.63, 3.8) is 0 Å². The molecule has 3 N–H and O–H groups in total. The highest BCUT2D eigenvalue weighted by Crippen LogP contribution is 2.35. The molecule has 0 saturated heterocycles. The lowest BCUT2D eigenvalue weighted by molar-refractivity contribution is -0.138. The molecule has 1 fully saturated rings. The van der Waals surface area contributed by atoms with Crippen molar-refractivity contribution in [2.24, 2.45) is 5.92 Å². The van der Waals surface area contributed by atoms with Gasteiger partial charge in [0.05, 0.1) is 30.0 Å². The fourth-order valence-electron chi connectivity index (χ4n) is 4.85. The number of carbonyl (C=O) groups is 1. The van der Waals surface area contributed by atoms with Crippen LogP contribution in [0.2, 0.25) is 0 Å². The fraction of sp³-hybridized carbons (Fsp3) is 0.320. The van der Waals surface area contributed by atoms with Crippen LogP contribution < -0.4 is 0 Å². The van der Waals surface area contributed by atoms with Crippen molar-refractivity contribution in [1.82, 2.24) is 25.1 Å². The second-order valence-corrected chi connectivity index (χ2v) is 8.98. The Balaban J connectivity index is 1.30. The molecule has 0 atom stereocenters. The molecule has 2 aromatic carbocycles. The molecule has 4 aromatic rings. The summed E-state index contributed by atoms with van der Waals surface area (Å²) in [5.41, 5.74) is 5.87. The summed E-state index contributed by atoms with van der Waals surface area (Å²) in [6.07, 6.45) is 3.82. The average molecular weight is 445 g/mol. The Bertz CT molecular complexity index is 1380. The number of phenolic OH excluding ortho intramolecular Hbond substituents is 1. The molecule has 3 heterocycles. The first kappa shape index (κ1) is 20.0. The standard InChI is InChI=1S/C25H24FN5O2/c1-2-13-9-22(32)18(26)10-17(13)15-6-7-16-19(8-15)29-30-23(16)24-27-20-11-31(12-21(20)28-24)25(33)14-4-3-5-14/h6-10,14,32H,2-5,11-12H2,1H3,(H,27,28)(H,29,30). The van der Waals surface area contributed by atoms with Crippen molar-refractivity contribution in [1.29, 1.82) is 0 Å². The highest BCUT2D eigenvalue weighted by molar-refractivity contribution is 5.94. The van der Waals surface area contributed by atoms with E-state index in [-0.39, 0.29) is 17.6 Å². The molecule has 1 amide bonds. The van der Waals surface area contributed by atoms with Crippen molar-refractivity contribution >= 4 is 16.8 Å². The van der Waals surface area contributed by atoms with Crippen LogP contribution in [-0.4, -0.2) is 36.1 Å². The monoisotopic (exact) mass is 445 g/mol. The number of benzene rings is 2. The van der Waals surface area contributed by atoms with Crippen molar-refractivity contribution in [2.75, 3.05) is 0 Å². The van der Waals surface area contributed by atoms with Crippen LogP contribution in [-0.2, 0) is 24.3 Å². The van der Waals surface area contributed by atoms with Crippen molar-refractivity contribution in [2.45, 2.75) is 45.7 Å². The number of aromatic hydroxyl groups is 1. The summed E-state index contributed by atoms with van der Waals surface area (Å²) in [5, 5.41) is 18.2. The summed E-state index contributed by atoms with van der Waals surface area (Å²) in [6, 6.07) is 8.68. The lowest BCUT2D eigenvalue weighted by Gasteiger charge is -2.28. The predicted molar refractivity (Wildman–Crippen MR) is 122 cm³/mol. The molecular formula is C25H24FN5O2. The predicted octanol–water partition coefficient (Wildman–Crippen LogP) is 4.67. The molecule has 1 aliphatic carbocycles. The van der Waals surface area contributed by atoms with E-state index in [1.165, 1.54) is 12.1 Å². The number of hydrogen-bond donors (Lipinski definition) is 3. The first-order valence-electron chi connectivity index (χ1n) is 11.4. The summed E-state index contributed by atoms with van der Waals surface area (Å²) in [5.74, 6) is 0.138. The maximum Gasteiger partial charge on any atom is 0.226 e. The van der Waals surface area contributed by atoms with Crippen molar-refractivity contribution in [3.05, 3.63) is 53.1 Å². The number of phenols is 1. The Hall–Kier alpha value is -3.68. The van der Waals surface area contributed by atoms with Crippen LogP contribution in [0.25, 0.3) is 33.5 Å². The van der Waals surface area contributed by atoms with E-state index >= 15 is 0 Å². The number of aromatic nitrogens is 4. The number of rotatable bonds is 4. The van der Waals surface area contributed by atoms with E-state index in [0.717, 1.165) is 63.9 Å². The second-order valence-electron chi connectivity index (χ2n) is 8.98. The smallest absolute Gasteiger partial charge is 0.226 e. The van der Waals surface area contributed by atoms with Crippen LogP contribution in [0, 0.1) is 11.7 Å². The largest absolute Gasteiger partial charge is 0.505 e. The molecule has 8 heteroatoms. The number of nitrogens with zero attached hydrogens (tertiary/aromatic N) is 3. The van der Waals surface area contributed by atoms with Gasteiger partial charge in [0.25, 0.3) is 0 Å². The highest BCUT2D eigenvalue weighted by atomic mass is 19.1. The minimum atomic E-state index is -0.637. The van der Waals surface area contributed by atoms with Crippen LogP contribution in [0.15, 0.2) is 30.3 Å². The zero-order valence-corrected chi connectivity index (χ0v) is 18.3. The molecular weight excluding hydrogens is 421 g/mol. The zero-order chi connectivity index (χ0) is 22.7. The van der Waals surface area contributed by atoms with Crippen LogP contribution in [0.5, 0.6) is 5.75 Å². The number of amides is 1. The maximum atomic E-state index is 14.0. The molecule has 6 rings (SSSR count). The number of aromatic amines is 2. The third kappa shape index (κ3) is 3.20. The first-order valence-corrected chi connectivity index (χ1v) is 11.4. The Kier molecular flexibility index (Phi) is 4.50. The number of carbonyl (C=O) groups excluding carboxylic acids is 1. The molecule has 0 unspecified atom stereocenters. The van der Waals surface area contributed by atoms with Gasteiger partial charge in [0.1, 0.15) is 5.69 Å². The lowest BCUT2D eigenvalue weighted by Crippen LogP contribution is -2.35. The molecule has 0 spiro atoms. The van der Waals surface area contributed by atoms with Gasteiger partial charge in [-0.25, -0.2) is 9.37 Å². The van der Waals surface area contributed by atoms with Gasteiger partial charge in [0.2, 0.25) is 5.91 Å². The van der Waals surface area contributed by atoms with Gasteiger partial charge in [-0.1, -0.05) is 19.4 Å². The number of nitrogens with one attached hydrogen (secondary N) is 2. The van der Waals surface area contributed by atoms with E-state index in [1.807, 2.05) is 30.0 Å². The molecule has 168 valence electrons. The summed E-state index contributed by atoms with van der Waals surface area (Å²) in [4.78, 5) is 22.5. The SMILES string of the molecule is CCc1cc(O)c(F)cc1-c1ccc2c(-c3nc4c([nH]3)CN(C(=O)C3CCC3)C4)n[nH]c2c1. The minimum Gasteiger partial charge on any atom is -0.505 e. The summed E-state index contributed by atoms with van der Waals surface area (Å²) in [6.45, 7) is 3.08. The van der Waals surface area contributed by atoms with Crippen LogP contribution >= 0.6 is 0 Å². The molecule has 1 aliphatic heterocycles. The van der Waals surface area contributed by atoms with Crippen molar-refractivity contribution < 1.29 is 14.3 Å². The molecule has 1 saturated carbocycles. The number of imidazole rings is 1. The van der Waals surface area contributed by atoms with Crippen LogP contribution in [0.4, 0.5) is 4.39 Å².